The van der Waals surface area contributed by atoms with E-state index in [0.717, 1.165) is 19.6 Å². The molecule has 106 valence electrons. The van der Waals surface area contributed by atoms with Gasteiger partial charge in [0.05, 0.1) is 0 Å². The number of likely N-dealkylation sites (N-methyl/N-ethyl adjacent to an activating group) is 1. The molecule has 0 bridgehead atoms. The quantitative estimate of drug-likeness (QED) is 0.895. The Balaban J connectivity index is 2.21. The Bertz CT molecular complexity index is 405. The van der Waals surface area contributed by atoms with Crippen LogP contribution in [-0.4, -0.2) is 50.7 Å². The van der Waals surface area contributed by atoms with Gasteiger partial charge in [-0.1, -0.05) is 12.1 Å². The molecule has 1 heterocycles. The van der Waals surface area contributed by atoms with Crippen molar-refractivity contribution in [3.63, 3.8) is 0 Å². The van der Waals surface area contributed by atoms with Gasteiger partial charge in [0.25, 0.3) is 0 Å². The van der Waals surface area contributed by atoms with Crippen LogP contribution in [0.1, 0.15) is 18.9 Å². The Kier molecular flexibility index (Phi) is 4.83. The molecule has 3 nitrogen and oxygen atoms in total. The predicted octanol–water partition coefficient (Wildman–Crippen LogP) is 2.11. The third kappa shape index (κ3) is 3.48. The molecule has 1 fully saturated rings. The van der Waals surface area contributed by atoms with Crippen molar-refractivity contribution in [1.82, 2.24) is 10.2 Å². The molecule has 19 heavy (non-hydrogen) atoms. The Hall–Kier alpha value is -1.06. The van der Waals surface area contributed by atoms with Crippen molar-refractivity contribution in [2.45, 2.75) is 32.4 Å². The molecule has 2 unspecified atom stereocenters. The number of benzene rings is 1. The maximum absolute atomic E-state index is 3.28. The summed E-state index contributed by atoms with van der Waals surface area (Å²) in [7, 11) is 4.27. The third-order valence-electron chi connectivity index (χ3n) is 3.99. The van der Waals surface area contributed by atoms with E-state index in [9.17, 15) is 0 Å². The normalized spacial score (nSPS) is 24.7. The largest absolute Gasteiger partial charge is 0.363 e. The molecule has 1 saturated heterocycles. The van der Waals surface area contributed by atoms with Crippen LogP contribution in [0.25, 0.3) is 0 Å². The van der Waals surface area contributed by atoms with Crippen LogP contribution in [0.15, 0.2) is 24.3 Å². The summed E-state index contributed by atoms with van der Waals surface area (Å²) in [5.74, 6) is 0. The van der Waals surface area contributed by atoms with Crippen LogP contribution in [0.4, 0.5) is 5.69 Å². The molecule has 1 aliphatic heterocycles. The Morgan fingerprint density at radius 3 is 2.79 bits per heavy atom. The fraction of sp³-hybridized carbons (Fsp3) is 0.625. The van der Waals surface area contributed by atoms with Crippen molar-refractivity contribution < 1.29 is 0 Å². The highest BCUT2D eigenvalue weighted by atomic mass is 15.3. The van der Waals surface area contributed by atoms with Crippen LogP contribution >= 0.6 is 0 Å². The van der Waals surface area contributed by atoms with Crippen LogP contribution in [0.3, 0.4) is 0 Å². The van der Waals surface area contributed by atoms with E-state index in [1.54, 1.807) is 0 Å². The third-order valence-corrected chi connectivity index (χ3v) is 3.99. The zero-order chi connectivity index (χ0) is 13.8. The summed E-state index contributed by atoms with van der Waals surface area (Å²) in [6.45, 7) is 7.88. The zero-order valence-corrected chi connectivity index (χ0v) is 12.7. The standard InChI is InChI=1S/C16H27N3/c1-13-6-5-7-15(10-13)19-14(2)11-18(4)12-16(19)8-9-17-3/h5-7,10,14,16-17H,8-9,11-12H2,1-4H3. The molecule has 0 amide bonds. The minimum Gasteiger partial charge on any atom is -0.363 e. The summed E-state index contributed by atoms with van der Waals surface area (Å²) in [6.07, 6.45) is 1.19. The molecule has 1 aromatic rings. The van der Waals surface area contributed by atoms with E-state index in [1.807, 2.05) is 7.05 Å². The first-order chi connectivity index (χ1) is 9.11. The zero-order valence-electron chi connectivity index (χ0n) is 12.7. The minimum absolute atomic E-state index is 0.572. The molecule has 1 N–H and O–H groups in total. The summed E-state index contributed by atoms with van der Waals surface area (Å²) in [5, 5.41) is 3.28. The molecule has 1 aliphatic rings. The van der Waals surface area contributed by atoms with Crippen molar-refractivity contribution in [1.29, 1.82) is 0 Å². The predicted molar refractivity (Wildman–Crippen MR) is 82.9 cm³/mol. The number of aryl methyl sites for hydroxylation is 1. The molecule has 0 aliphatic carbocycles. The lowest BCUT2D eigenvalue weighted by Gasteiger charge is -2.46. The topological polar surface area (TPSA) is 18.5 Å². The number of rotatable bonds is 4. The molecular formula is C16H27N3. The van der Waals surface area contributed by atoms with Crippen molar-refractivity contribution in [2.24, 2.45) is 0 Å². The summed E-state index contributed by atoms with van der Waals surface area (Å²) in [4.78, 5) is 5.07. The Morgan fingerprint density at radius 2 is 2.11 bits per heavy atom. The molecule has 0 aromatic heterocycles. The number of nitrogens with zero attached hydrogens (tertiary/aromatic N) is 2. The number of hydrogen-bond donors (Lipinski definition) is 1. The van der Waals surface area contributed by atoms with Gasteiger partial charge in [0, 0.05) is 30.9 Å². The van der Waals surface area contributed by atoms with Gasteiger partial charge in [0.1, 0.15) is 0 Å². The van der Waals surface area contributed by atoms with E-state index in [2.05, 4.69) is 60.3 Å². The van der Waals surface area contributed by atoms with Crippen molar-refractivity contribution in [3.8, 4) is 0 Å². The smallest absolute Gasteiger partial charge is 0.0432 e. The van der Waals surface area contributed by atoms with E-state index in [1.165, 1.54) is 17.7 Å². The van der Waals surface area contributed by atoms with Gasteiger partial charge in [0.15, 0.2) is 0 Å². The second-order valence-corrected chi connectivity index (χ2v) is 5.86. The highest BCUT2D eigenvalue weighted by Gasteiger charge is 2.30. The molecule has 0 saturated carbocycles. The maximum Gasteiger partial charge on any atom is 0.0432 e. The summed E-state index contributed by atoms with van der Waals surface area (Å²) >= 11 is 0. The first-order valence-electron chi connectivity index (χ1n) is 7.30. The molecule has 2 atom stereocenters. The molecular weight excluding hydrogens is 234 g/mol. The van der Waals surface area contributed by atoms with Gasteiger partial charge in [-0.15, -0.1) is 0 Å². The second kappa shape index (κ2) is 6.40. The van der Waals surface area contributed by atoms with Crippen molar-refractivity contribution in [2.75, 3.05) is 38.6 Å². The number of nitrogens with one attached hydrogen (secondary N) is 1. The van der Waals surface area contributed by atoms with E-state index in [-0.39, 0.29) is 0 Å². The molecule has 2 rings (SSSR count). The Morgan fingerprint density at radius 1 is 1.32 bits per heavy atom. The van der Waals surface area contributed by atoms with Gasteiger partial charge in [-0.05, 0) is 58.6 Å². The van der Waals surface area contributed by atoms with E-state index >= 15 is 0 Å². The number of piperazine rings is 1. The molecule has 0 spiro atoms. The first-order valence-corrected chi connectivity index (χ1v) is 7.30. The SMILES string of the molecule is CNCCC1CN(C)CC(C)N1c1cccc(C)c1. The van der Waals surface area contributed by atoms with E-state index in [0.29, 0.717) is 12.1 Å². The van der Waals surface area contributed by atoms with E-state index < -0.39 is 0 Å². The van der Waals surface area contributed by atoms with Gasteiger partial charge in [0.2, 0.25) is 0 Å². The minimum atomic E-state index is 0.572. The highest BCUT2D eigenvalue weighted by molar-refractivity contribution is 5.51. The van der Waals surface area contributed by atoms with Crippen LogP contribution < -0.4 is 10.2 Å². The summed E-state index contributed by atoms with van der Waals surface area (Å²) in [6, 6.07) is 10.1. The maximum atomic E-state index is 3.28. The van der Waals surface area contributed by atoms with Crippen LogP contribution in [-0.2, 0) is 0 Å². The lowest BCUT2D eigenvalue weighted by atomic mass is 10.0. The average molecular weight is 261 g/mol. The Labute approximate surface area is 117 Å². The average Bonchev–Trinajstić information content (AvgIpc) is 2.35. The molecule has 0 radical (unpaired) electrons. The van der Waals surface area contributed by atoms with Crippen LogP contribution in [0, 0.1) is 6.92 Å². The molecule has 1 aromatic carbocycles. The molecule has 3 heteroatoms. The van der Waals surface area contributed by atoms with Crippen molar-refractivity contribution in [3.05, 3.63) is 29.8 Å². The van der Waals surface area contributed by atoms with Crippen LogP contribution in [0.2, 0.25) is 0 Å². The lowest BCUT2D eigenvalue weighted by Crippen LogP contribution is -2.57. The summed E-state index contributed by atoms with van der Waals surface area (Å²) < 4.78 is 0. The van der Waals surface area contributed by atoms with E-state index in [4.69, 9.17) is 0 Å². The van der Waals surface area contributed by atoms with Gasteiger partial charge < -0.3 is 15.1 Å². The fourth-order valence-electron chi connectivity index (χ4n) is 3.22. The van der Waals surface area contributed by atoms with Crippen molar-refractivity contribution >= 4 is 5.69 Å². The van der Waals surface area contributed by atoms with Gasteiger partial charge >= 0.3 is 0 Å². The fourth-order valence-corrected chi connectivity index (χ4v) is 3.22. The van der Waals surface area contributed by atoms with Crippen LogP contribution in [0.5, 0.6) is 0 Å². The second-order valence-electron chi connectivity index (χ2n) is 5.86. The highest BCUT2D eigenvalue weighted by Crippen LogP contribution is 2.26. The van der Waals surface area contributed by atoms with Gasteiger partial charge in [-0.25, -0.2) is 0 Å². The monoisotopic (exact) mass is 261 g/mol. The number of anilines is 1. The lowest BCUT2D eigenvalue weighted by molar-refractivity contribution is 0.226. The summed E-state index contributed by atoms with van der Waals surface area (Å²) in [5.41, 5.74) is 2.72. The first kappa shape index (κ1) is 14.4. The number of hydrogen-bond acceptors (Lipinski definition) is 3. The van der Waals surface area contributed by atoms with Gasteiger partial charge in [-0.2, -0.15) is 0 Å². The van der Waals surface area contributed by atoms with Gasteiger partial charge in [-0.3, -0.25) is 0 Å².